The third-order valence-electron chi connectivity index (χ3n) is 4.81. The molecule has 0 unspecified atom stereocenters. The van der Waals surface area contributed by atoms with Gasteiger partial charge in [0.05, 0.1) is 0 Å². The van der Waals surface area contributed by atoms with Gasteiger partial charge in [0, 0.05) is 23.5 Å². The number of carbonyl (C=O) groups excluding carboxylic acids is 1. The Balaban J connectivity index is 1.76. The lowest BCUT2D eigenvalue weighted by atomic mass is 9.92. The molecule has 0 bridgehead atoms. The zero-order valence-corrected chi connectivity index (χ0v) is 13.2. The average Bonchev–Trinajstić information content (AvgIpc) is 2.95. The van der Waals surface area contributed by atoms with E-state index < -0.39 is 0 Å². The van der Waals surface area contributed by atoms with Gasteiger partial charge in [0.25, 0.3) is 0 Å². The summed E-state index contributed by atoms with van der Waals surface area (Å²) in [7, 11) is 0. The fourth-order valence-electron chi connectivity index (χ4n) is 3.61. The van der Waals surface area contributed by atoms with Gasteiger partial charge in [0.1, 0.15) is 0 Å². The lowest BCUT2D eigenvalue weighted by Crippen LogP contribution is -2.41. The predicted octanol–water partition coefficient (Wildman–Crippen LogP) is 2.71. The van der Waals surface area contributed by atoms with Crippen LogP contribution in [0.4, 0.5) is 0 Å². The van der Waals surface area contributed by atoms with Crippen LogP contribution in [0.1, 0.15) is 30.4 Å². The summed E-state index contributed by atoms with van der Waals surface area (Å²) < 4.78 is 1.12. The van der Waals surface area contributed by atoms with Crippen molar-refractivity contribution in [2.45, 2.75) is 32.2 Å². The Labute approximate surface area is 128 Å². The molecule has 1 fully saturated rings. The number of nitrogens with two attached hydrogens (primary N) is 1. The molecule has 1 aliphatic carbocycles. The molecule has 1 saturated carbocycles. The van der Waals surface area contributed by atoms with E-state index in [1.54, 1.807) is 0 Å². The highest BCUT2D eigenvalue weighted by Gasteiger charge is 2.35. The van der Waals surface area contributed by atoms with E-state index in [0.29, 0.717) is 18.4 Å². The second-order valence-electron chi connectivity index (χ2n) is 5.92. The highest BCUT2D eigenvalue weighted by atomic mass is 79.9. The van der Waals surface area contributed by atoms with Crippen LogP contribution in [-0.4, -0.2) is 23.9 Å². The van der Waals surface area contributed by atoms with Crippen LogP contribution < -0.4 is 5.73 Å². The lowest BCUT2D eigenvalue weighted by molar-refractivity contribution is -0.137. The Bertz CT molecular complexity index is 517. The molecular formula is C16H21BrN2O. The molecule has 0 spiro atoms. The first kappa shape index (κ1) is 14.1. The first-order chi connectivity index (χ1) is 9.70. The van der Waals surface area contributed by atoms with Crippen LogP contribution in [0.25, 0.3) is 0 Å². The van der Waals surface area contributed by atoms with Crippen molar-refractivity contribution in [3.05, 3.63) is 33.8 Å². The summed E-state index contributed by atoms with van der Waals surface area (Å²) in [5.41, 5.74) is 8.45. The van der Waals surface area contributed by atoms with E-state index in [9.17, 15) is 4.79 Å². The number of hydrogen-bond acceptors (Lipinski definition) is 2. The lowest BCUT2D eigenvalue weighted by Gasteiger charge is -2.32. The van der Waals surface area contributed by atoms with Crippen LogP contribution in [0.2, 0.25) is 0 Å². The Morgan fingerprint density at radius 3 is 3.05 bits per heavy atom. The van der Waals surface area contributed by atoms with Crippen molar-refractivity contribution in [3.63, 3.8) is 0 Å². The third-order valence-corrected chi connectivity index (χ3v) is 5.55. The molecule has 20 heavy (non-hydrogen) atoms. The number of benzene rings is 1. The van der Waals surface area contributed by atoms with Crippen molar-refractivity contribution in [2.24, 2.45) is 17.6 Å². The van der Waals surface area contributed by atoms with Gasteiger partial charge in [-0.05, 0) is 48.9 Å². The standard InChI is InChI=1S/C16H21BrN2O/c17-15-6-2-3-11-7-8-19(10-14(11)15)16(20)13-5-1-4-12(13)9-18/h2-3,6,12-13H,1,4-5,7-10,18H2/t12-,13-/m1/s1. The van der Waals surface area contributed by atoms with E-state index >= 15 is 0 Å². The van der Waals surface area contributed by atoms with Gasteiger partial charge in [0.15, 0.2) is 0 Å². The summed E-state index contributed by atoms with van der Waals surface area (Å²) in [6.07, 6.45) is 4.23. The van der Waals surface area contributed by atoms with Crippen LogP contribution in [-0.2, 0) is 17.8 Å². The molecule has 108 valence electrons. The van der Waals surface area contributed by atoms with Gasteiger partial charge in [-0.15, -0.1) is 0 Å². The zero-order chi connectivity index (χ0) is 14.1. The van der Waals surface area contributed by atoms with Crippen molar-refractivity contribution in [2.75, 3.05) is 13.1 Å². The molecule has 2 atom stereocenters. The largest absolute Gasteiger partial charge is 0.338 e. The summed E-state index contributed by atoms with van der Waals surface area (Å²) >= 11 is 3.61. The fraction of sp³-hybridized carbons (Fsp3) is 0.562. The fourth-order valence-corrected chi connectivity index (χ4v) is 4.14. The normalized spacial score (nSPS) is 25.6. The van der Waals surface area contributed by atoms with E-state index in [1.807, 2.05) is 4.90 Å². The number of amides is 1. The minimum absolute atomic E-state index is 0.157. The van der Waals surface area contributed by atoms with E-state index in [2.05, 4.69) is 34.1 Å². The summed E-state index contributed by atoms with van der Waals surface area (Å²) in [5, 5.41) is 0. The van der Waals surface area contributed by atoms with Crippen LogP contribution in [0.5, 0.6) is 0 Å². The van der Waals surface area contributed by atoms with E-state index in [1.165, 1.54) is 11.1 Å². The highest BCUT2D eigenvalue weighted by molar-refractivity contribution is 9.10. The number of fused-ring (bicyclic) bond motifs is 1. The van der Waals surface area contributed by atoms with Crippen LogP contribution in [0.3, 0.4) is 0 Å². The maximum absolute atomic E-state index is 12.7. The molecule has 3 rings (SSSR count). The van der Waals surface area contributed by atoms with Crippen molar-refractivity contribution in [1.82, 2.24) is 4.90 Å². The van der Waals surface area contributed by atoms with Gasteiger partial charge in [-0.25, -0.2) is 0 Å². The Morgan fingerprint density at radius 2 is 2.25 bits per heavy atom. The van der Waals surface area contributed by atoms with Crippen LogP contribution >= 0.6 is 15.9 Å². The maximum Gasteiger partial charge on any atom is 0.226 e. The van der Waals surface area contributed by atoms with Crippen LogP contribution in [0.15, 0.2) is 22.7 Å². The van der Waals surface area contributed by atoms with Gasteiger partial charge in [-0.2, -0.15) is 0 Å². The quantitative estimate of drug-likeness (QED) is 0.902. The molecule has 0 aromatic heterocycles. The Kier molecular flexibility index (Phi) is 4.13. The monoisotopic (exact) mass is 336 g/mol. The van der Waals surface area contributed by atoms with Crippen molar-refractivity contribution < 1.29 is 4.79 Å². The molecule has 1 heterocycles. The molecule has 2 N–H and O–H groups in total. The molecule has 0 radical (unpaired) electrons. The molecule has 1 aromatic rings. The van der Waals surface area contributed by atoms with E-state index in [0.717, 1.165) is 43.2 Å². The number of carbonyl (C=O) groups is 1. The number of hydrogen-bond donors (Lipinski definition) is 1. The Hall–Kier alpha value is -0.870. The van der Waals surface area contributed by atoms with Gasteiger partial charge < -0.3 is 10.6 Å². The molecular weight excluding hydrogens is 316 g/mol. The predicted molar refractivity (Wildman–Crippen MR) is 83.1 cm³/mol. The SMILES string of the molecule is NC[C@H]1CCC[C@H]1C(=O)N1CCc2cccc(Br)c2C1. The minimum Gasteiger partial charge on any atom is -0.338 e. The average molecular weight is 337 g/mol. The summed E-state index contributed by atoms with van der Waals surface area (Å²) in [6, 6.07) is 6.30. The summed E-state index contributed by atoms with van der Waals surface area (Å²) in [5.74, 6) is 0.867. The van der Waals surface area contributed by atoms with Crippen molar-refractivity contribution in [1.29, 1.82) is 0 Å². The first-order valence-electron chi connectivity index (χ1n) is 7.46. The topological polar surface area (TPSA) is 46.3 Å². The first-order valence-corrected chi connectivity index (χ1v) is 8.25. The van der Waals surface area contributed by atoms with Gasteiger partial charge in [-0.1, -0.05) is 34.5 Å². The molecule has 4 heteroatoms. The van der Waals surface area contributed by atoms with Gasteiger partial charge in [0.2, 0.25) is 5.91 Å². The summed E-state index contributed by atoms with van der Waals surface area (Å²) in [6.45, 7) is 2.23. The summed E-state index contributed by atoms with van der Waals surface area (Å²) in [4.78, 5) is 14.8. The van der Waals surface area contributed by atoms with E-state index in [-0.39, 0.29) is 5.92 Å². The maximum atomic E-state index is 12.7. The third kappa shape index (κ3) is 2.51. The number of halogens is 1. The minimum atomic E-state index is 0.157. The molecule has 1 aromatic carbocycles. The van der Waals surface area contributed by atoms with Crippen LogP contribution in [0, 0.1) is 11.8 Å². The van der Waals surface area contributed by atoms with Crippen molar-refractivity contribution >= 4 is 21.8 Å². The van der Waals surface area contributed by atoms with Gasteiger partial charge in [-0.3, -0.25) is 4.79 Å². The van der Waals surface area contributed by atoms with E-state index in [4.69, 9.17) is 5.73 Å². The molecule has 0 saturated heterocycles. The molecule has 3 nitrogen and oxygen atoms in total. The van der Waals surface area contributed by atoms with Crippen molar-refractivity contribution in [3.8, 4) is 0 Å². The molecule has 1 aliphatic heterocycles. The zero-order valence-electron chi connectivity index (χ0n) is 11.6. The highest BCUT2D eigenvalue weighted by Crippen LogP contribution is 2.34. The Morgan fingerprint density at radius 1 is 1.40 bits per heavy atom. The number of rotatable bonds is 2. The number of nitrogens with zero attached hydrogens (tertiary/aromatic N) is 1. The molecule has 2 aliphatic rings. The second-order valence-corrected chi connectivity index (χ2v) is 6.77. The molecule has 1 amide bonds. The smallest absolute Gasteiger partial charge is 0.226 e. The van der Waals surface area contributed by atoms with Gasteiger partial charge >= 0.3 is 0 Å². The second kappa shape index (κ2) is 5.86.